The summed E-state index contributed by atoms with van der Waals surface area (Å²) in [5, 5.41) is 13.9. The van der Waals surface area contributed by atoms with Crippen molar-refractivity contribution >= 4 is 11.0 Å². The van der Waals surface area contributed by atoms with E-state index in [0.29, 0.717) is 12.3 Å². The standard InChI is InChI=1S/C12H15NO2/c1-8(2)9-3-4-12-10(7-9)11(5-6-14)13-15-12/h3-4,7-8,14H,5-6H2,1-2H3. The topological polar surface area (TPSA) is 46.3 Å². The van der Waals surface area contributed by atoms with Crippen molar-refractivity contribution < 1.29 is 9.63 Å². The van der Waals surface area contributed by atoms with Crippen molar-refractivity contribution in [3.63, 3.8) is 0 Å². The fraction of sp³-hybridized carbons (Fsp3) is 0.417. The summed E-state index contributed by atoms with van der Waals surface area (Å²) in [6.07, 6.45) is 0.550. The maximum absolute atomic E-state index is 8.89. The van der Waals surface area contributed by atoms with Crippen LogP contribution in [0.4, 0.5) is 0 Å². The van der Waals surface area contributed by atoms with Crippen LogP contribution in [0, 0.1) is 0 Å². The molecule has 0 radical (unpaired) electrons. The summed E-state index contributed by atoms with van der Waals surface area (Å²) in [7, 11) is 0. The predicted octanol–water partition coefficient (Wildman–Crippen LogP) is 2.49. The van der Waals surface area contributed by atoms with E-state index in [9.17, 15) is 0 Å². The second-order valence-corrected chi connectivity index (χ2v) is 4.01. The van der Waals surface area contributed by atoms with E-state index in [2.05, 4.69) is 31.1 Å². The third-order valence-electron chi connectivity index (χ3n) is 2.58. The SMILES string of the molecule is CC(C)c1ccc2onc(CCO)c2c1. The van der Waals surface area contributed by atoms with Gasteiger partial charge in [-0.3, -0.25) is 0 Å². The van der Waals surface area contributed by atoms with Crippen molar-refractivity contribution in [1.82, 2.24) is 5.16 Å². The quantitative estimate of drug-likeness (QED) is 0.837. The third kappa shape index (κ3) is 1.88. The van der Waals surface area contributed by atoms with E-state index in [1.165, 1.54) is 5.56 Å². The lowest BCUT2D eigenvalue weighted by molar-refractivity contribution is 0.295. The van der Waals surface area contributed by atoms with Gasteiger partial charge >= 0.3 is 0 Å². The molecule has 0 spiro atoms. The molecule has 0 fully saturated rings. The van der Waals surface area contributed by atoms with Gasteiger partial charge in [-0.05, 0) is 23.6 Å². The number of nitrogens with zero attached hydrogens (tertiary/aromatic N) is 1. The van der Waals surface area contributed by atoms with E-state index in [0.717, 1.165) is 16.7 Å². The highest BCUT2D eigenvalue weighted by Crippen LogP contribution is 2.24. The second kappa shape index (κ2) is 4.03. The molecule has 0 atom stereocenters. The lowest BCUT2D eigenvalue weighted by Gasteiger charge is -2.04. The van der Waals surface area contributed by atoms with Crippen LogP contribution >= 0.6 is 0 Å². The molecule has 15 heavy (non-hydrogen) atoms. The van der Waals surface area contributed by atoms with Crippen molar-refractivity contribution in [2.45, 2.75) is 26.2 Å². The van der Waals surface area contributed by atoms with Crippen molar-refractivity contribution in [1.29, 1.82) is 0 Å². The monoisotopic (exact) mass is 205 g/mol. The summed E-state index contributed by atoms with van der Waals surface area (Å²) in [4.78, 5) is 0. The average molecular weight is 205 g/mol. The van der Waals surface area contributed by atoms with E-state index in [1.807, 2.05) is 6.07 Å². The minimum atomic E-state index is 0.105. The Morgan fingerprint density at radius 2 is 2.20 bits per heavy atom. The second-order valence-electron chi connectivity index (χ2n) is 4.01. The van der Waals surface area contributed by atoms with Gasteiger partial charge in [-0.2, -0.15) is 0 Å². The van der Waals surface area contributed by atoms with Crippen LogP contribution in [0.2, 0.25) is 0 Å². The molecule has 1 aromatic heterocycles. The zero-order valence-electron chi connectivity index (χ0n) is 9.03. The van der Waals surface area contributed by atoms with Gasteiger partial charge in [0.25, 0.3) is 0 Å². The van der Waals surface area contributed by atoms with E-state index < -0.39 is 0 Å². The van der Waals surface area contributed by atoms with Gasteiger partial charge in [-0.25, -0.2) is 0 Å². The van der Waals surface area contributed by atoms with E-state index in [4.69, 9.17) is 9.63 Å². The molecule has 80 valence electrons. The van der Waals surface area contributed by atoms with Gasteiger partial charge in [0, 0.05) is 18.4 Å². The van der Waals surface area contributed by atoms with Gasteiger partial charge in [0.15, 0.2) is 5.58 Å². The molecule has 0 aliphatic carbocycles. The lowest BCUT2D eigenvalue weighted by Crippen LogP contribution is -1.92. The summed E-state index contributed by atoms with van der Waals surface area (Å²) < 4.78 is 5.18. The van der Waals surface area contributed by atoms with E-state index in [1.54, 1.807) is 0 Å². The Labute approximate surface area is 88.7 Å². The Balaban J connectivity index is 2.51. The third-order valence-corrected chi connectivity index (χ3v) is 2.58. The number of rotatable bonds is 3. The van der Waals surface area contributed by atoms with Crippen molar-refractivity contribution in [3.05, 3.63) is 29.5 Å². The maximum atomic E-state index is 8.89. The zero-order chi connectivity index (χ0) is 10.8. The number of aliphatic hydroxyl groups is 1. The summed E-state index contributed by atoms with van der Waals surface area (Å²) in [6.45, 7) is 4.41. The molecule has 3 heteroatoms. The van der Waals surface area contributed by atoms with Crippen LogP contribution in [0.15, 0.2) is 22.7 Å². The van der Waals surface area contributed by atoms with E-state index >= 15 is 0 Å². The minimum absolute atomic E-state index is 0.105. The van der Waals surface area contributed by atoms with Gasteiger partial charge < -0.3 is 9.63 Å². The molecule has 0 aliphatic rings. The fourth-order valence-electron chi connectivity index (χ4n) is 1.65. The molecule has 0 saturated heterocycles. The van der Waals surface area contributed by atoms with Gasteiger partial charge in [0.2, 0.25) is 0 Å². The van der Waals surface area contributed by atoms with Crippen molar-refractivity contribution in [2.24, 2.45) is 0 Å². The van der Waals surface area contributed by atoms with Crippen LogP contribution in [0.3, 0.4) is 0 Å². The molecule has 0 unspecified atom stereocenters. The molecular formula is C12H15NO2. The highest BCUT2D eigenvalue weighted by Gasteiger charge is 2.09. The molecule has 2 rings (SSSR count). The lowest BCUT2D eigenvalue weighted by atomic mass is 10.0. The smallest absolute Gasteiger partial charge is 0.167 e. The number of hydrogen-bond acceptors (Lipinski definition) is 3. The first-order valence-corrected chi connectivity index (χ1v) is 5.21. The van der Waals surface area contributed by atoms with Crippen LogP contribution in [0.1, 0.15) is 31.0 Å². The Morgan fingerprint density at radius 3 is 2.87 bits per heavy atom. The fourth-order valence-corrected chi connectivity index (χ4v) is 1.65. The minimum Gasteiger partial charge on any atom is -0.396 e. The van der Waals surface area contributed by atoms with Gasteiger partial charge in [0.1, 0.15) is 0 Å². The number of aromatic nitrogens is 1. The molecule has 1 N–H and O–H groups in total. The molecule has 0 saturated carbocycles. The summed E-state index contributed by atoms with van der Waals surface area (Å²) in [5.74, 6) is 0.492. The van der Waals surface area contributed by atoms with E-state index in [-0.39, 0.29) is 6.61 Å². The predicted molar refractivity (Wildman–Crippen MR) is 58.9 cm³/mol. The first-order chi connectivity index (χ1) is 7.22. The normalized spacial score (nSPS) is 11.5. The first kappa shape index (κ1) is 10.2. The zero-order valence-corrected chi connectivity index (χ0v) is 9.03. The molecule has 2 aromatic rings. The number of hydrogen-bond donors (Lipinski definition) is 1. The highest BCUT2D eigenvalue weighted by molar-refractivity contribution is 5.80. The summed E-state index contributed by atoms with van der Waals surface area (Å²) >= 11 is 0. The molecule has 1 heterocycles. The number of benzene rings is 1. The molecule has 0 aliphatic heterocycles. The molecule has 1 aromatic carbocycles. The van der Waals surface area contributed by atoms with Crippen LogP contribution in [0.25, 0.3) is 11.0 Å². The van der Waals surface area contributed by atoms with Crippen LogP contribution < -0.4 is 0 Å². The Kier molecular flexibility index (Phi) is 2.73. The molecule has 0 bridgehead atoms. The van der Waals surface area contributed by atoms with Crippen molar-refractivity contribution in [3.8, 4) is 0 Å². The largest absolute Gasteiger partial charge is 0.396 e. The molecule has 3 nitrogen and oxygen atoms in total. The Bertz CT molecular complexity index is 460. The van der Waals surface area contributed by atoms with Crippen molar-refractivity contribution in [2.75, 3.05) is 6.61 Å². The van der Waals surface area contributed by atoms with Gasteiger partial charge in [-0.15, -0.1) is 0 Å². The maximum Gasteiger partial charge on any atom is 0.167 e. The Morgan fingerprint density at radius 1 is 1.40 bits per heavy atom. The Hall–Kier alpha value is -1.35. The van der Waals surface area contributed by atoms with Crippen LogP contribution in [0.5, 0.6) is 0 Å². The van der Waals surface area contributed by atoms with Crippen LogP contribution in [-0.4, -0.2) is 16.9 Å². The molecule has 0 amide bonds. The summed E-state index contributed by atoms with van der Waals surface area (Å²) in [6, 6.07) is 6.10. The van der Waals surface area contributed by atoms with Crippen LogP contribution in [-0.2, 0) is 6.42 Å². The number of fused-ring (bicyclic) bond motifs is 1. The number of aliphatic hydroxyl groups excluding tert-OH is 1. The molecular weight excluding hydrogens is 190 g/mol. The summed E-state index contributed by atoms with van der Waals surface area (Å²) in [5.41, 5.74) is 2.91. The highest BCUT2D eigenvalue weighted by atomic mass is 16.5. The first-order valence-electron chi connectivity index (χ1n) is 5.21. The van der Waals surface area contributed by atoms with Gasteiger partial charge in [0.05, 0.1) is 5.69 Å². The average Bonchev–Trinajstić information content (AvgIpc) is 2.61. The van der Waals surface area contributed by atoms with Gasteiger partial charge in [-0.1, -0.05) is 25.1 Å².